The molecule has 1 fully saturated rings. The molecule has 1 amide bonds. The van der Waals surface area contributed by atoms with Gasteiger partial charge in [-0.1, -0.05) is 30.1 Å². The molecule has 1 aliphatic rings. The Bertz CT molecular complexity index is 647. The number of carbonyl (C=O) groups excluding carboxylic acids is 2. The number of Topliss-reactive ketones (excluding diaryl/α,β-unsaturated/α-hetero) is 1. The third kappa shape index (κ3) is 4.93. The summed E-state index contributed by atoms with van der Waals surface area (Å²) in [4.78, 5) is 29.3. The van der Waals surface area contributed by atoms with Crippen molar-refractivity contribution in [2.45, 2.75) is 46.1 Å². The Balaban J connectivity index is 2.07. The second kappa shape index (κ2) is 9.62. The number of nitrogens with zero attached hydrogens (tertiary/aromatic N) is 1. The first-order chi connectivity index (χ1) is 12.4. The van der Waals surface area contributed by atoms with Crippen molar-refractivity contribution in [2.24, 2.45) is 5.92 Å². The highest BCUT2D eigenvalue weighted by Crippen LogP contribution is 2.32. The minimum atomic E-state index is -0.336. The van der Waals surface area contributed by atoms with Crippen molar-refractivity contribution in [3.8, 4) is 0 Å². The number of aromatic amines is 1. The molecular formula is C18H26Cl2N2O4. The number of carbonyl (C=O) groups is 2. The summed E-state index contributed by atoms with van der Waals surface area (Å²) >= 11 is 12.2. The molecule has 8 heteroatoms. The molecule has 1 aromatic rings. The molecule has 1 saturated heterocycles. The standard InChI is InChI=1S/C18H26Cl2N2O4/c1-4-8-26-14-10-22(18(24)25-5-2)7-6-12(14)9-13(23)17-16(20)15(19)11(3)21-17/h12,14,21H,4-10H2,1-3H3/t12-,14-/m0/s1. The van der Waals surface area contributed by atoms with E-state index in [1.165, 1.54) is 0 Å². The van der Waals surface area contributed by atoms with Crippen LogP contribution in [0.25, 0.3) is 0 Å². The van der Waals surface area contributed by atoms with E-state index in [4.69, 9.17) is 32.7 Å². The zero-order chi connectivity index (χ0) is 19.3. The zero-order valence-electron chi connectivity index (χ0n) is 15.4. The molecule has 1 aromatic heterocycles. The van der Waals surface area contributed by atoms with Gasteiger partial charge in [-0.15, -0.1) is 0 Å². The topological polar surface area (TPSA) is 71.6 Å². The Morgan fingerprint density at radius 3 is 2.58 bits per heavy atom. The van der Waals surface area contributed by atoms with Gasteiger partial charge in [0.1, 0.15) is 5.69 Å². The number of hydrogen-bond donors (Lipinski definition) is 1. The molecule has 6 nitrogen and oxygen atoms in total. The number of aromatic nitrogens is 1. The molecule has 0 unspecified atom stereocenters. The molecule has 2 rings (SSSR count). The van der Waals surface area contributed by atoms with Gasteiger partial charge in [-0.05, 0) is 32.6 Å². The minimum Gasteiger partial charge on any atom is -0.450 e. The van der Waals surface area contributed by atoms with Crippen LogP contribution >= 0.6 is 23.2 Å². The summed E-state index contributed by atoms with van der Waals surface area (Å²) in [7, 11) is 0. The summed E-state index contributed by atoms with van der Waals surface area (Å²) in [5.74, 6) is -0.0807. The van der Waals surface area contributed by atoms with Gasteiger partial charge in [0.2, 0.25) is 0 Å². The van der Waals surface area contributed by atoms with Crippen LogP contribution in [0.3, 0.4) is 0 Å². The Morgan fingerprint density at radius 1 is 1.27 bits per heavy atom. The Labute approximate surface area is 164 Å². The van der Waals surface area contributed by atoms with Crippen molar-refractivity contribution in [1.82, 2.24) is 9.88 Å². The number of halogens is 2. The summed E-state index contributed by atoms with van der Waals surface area (Å²) in [5.41, 5.74) is 1.02. The van der Waals surface area contributed by atoms with Crippen LogP contribution in [0.5, 0.6) is 0 Å². The quantitative estimate of drug-likeness (QED) is 0.680. The van der Waals surface area contributed by atoms with Crippen molar-refractivity contribution < 1.29 is 19.1 Å². The highest BCUT2D eigenvalue weighted by molar-refractivity contribution is 6.44. The molecule has 1 N–H and O–H groups in total. The summed E-state index contributed by atoms with van der Waals surface area (Å²) in [6.45, 7) is 7.46. The van der Waals surface area contributed by atoms with E-state index in [-0.39, 0.29) is 28.9 Å². The van der Waals surface area contributed by atoms with Gasteiger partial charge in [0.15, 0.2) is 5.78 Å². The molecule has 146 valence electrons. The van der Waals surface area contributed by atoms with Gasteiger partial charge in [0, 0.05) is 25.3 Å². The number of likely N-dealkylation sites (tertiary alicyclic amines) is 1. The van der Waals surface area contributed by atoms with Crippen LogP contribution in [0.15, 0.2) is 0 Å². The average Bonchev–Trinajstić information content (AvgIpc) is 2.88. The largest absolute Gasteiger partial charge is 0.450 e. The molecule has 26 heavy (non-hydrogen) atoms. The lowest BCUT2D eigenvalue weighted by atomic mass is 9.88. The van der Waals surface area contributed by atoms with E-state index < -0.39 is 0 Å². The van der Waals surface area contributed by atoms with Gasteiger partial charge >= 0.3 is 6.09 Å². The summed E-state index contributed by atoms with van der Waals surface area (Å²) in [5, 5.41) is 0.648. The molecular weight excluding hydrogens is 379 g/mol. The SMILES string of the molecule is CCCO[C@H]1CN(C(=O)OCC)CC[C@H]1CC(=O)c1[nH]c(C)c(Cl)c1Cl. The van der Waals surface area contributed by atoms with Gasteiger partial charge in [-0.2, -0.15) is 0 Å². The number of rotatable bonds is 7. The van der Waals surface area contributed by atoms with E-state index in [2.05, 4.69) is 4.98 Å². The van der Waals surface area contributed by atoms with Crippen molar-refractivity contribution in [2.75, 3.05) is 26.3 Å². The number of ether oxygens (including phenoxy) is 2. The van der Waals surface area contributed by atoms with Crippen molar-refractivity contribution in [3.05, 3.63) is 21.4 Å². The first-order valence-electron chi connectivity index (χ1n) is 8.99. The van der Waals surface area contributed by atoms with Crippen LogP contribution in [-0.4, -0.2) is 54.2 Å². The number of aryl methyl sites for hydroxylation is 1. The van der Waals surface area contributed by atoms with Crippen molar-refractivity contribution in [3.63, 3.8) is 0 Å². The molecule has 0 bridgehead atoms. The van der Waals surface area contributed by atoms with E-state index in [1.54, 1.807) is 18.7 Å². The van der Waals surface area contributed by atoms with Gasteiger partial charge in [-0.25, -0.2) is 4.79 Å². The Morgan fingerprint density at radius 2 is 2.00 bits per heavy atom. The highest BCUT2D eigenvalue weighted by atomic mass is 35.5. The van der Waals surface area contributed by atoms with E-state index in [0.29, 0.717) is 55.6 Å². The van der Waals surface area contributed by atoms with Crippen molar-refractivity contribution >= 4 is 35.1 Å². The first kappa shape index (κ1) is 21.1. The number of amides is 1. The van der Waals surface area contributed by atoms with Crippen LogP contribution in [0.2, 0.25) is 10.0 Å². The molecule has 1 aliphatic heterocycles. The number of piperidine rings is 1. The predicted molar refractivity (Wildman–Crippen MR) is 101 cm³/mol. The van der Waals surface area contributed by atoms with Crippen LogP contribution in [-0.2, 0) is 9.47 Å². The van der Waals surface area contributed by atoms with Gasteiger partial charge in [0.25, 0.3) is 0 Å². The van der Waals surface area contributed by atoms with Gasteiger partial charge < -0.3 is 19.4 Å². The highest BCUT2D eigenvalue weighted by Gasteiger charge is 2.34. The van der Waals surface area contributed by atoms with Crippen LogP contribution in [0, 0.1) is 12.8 Å². The predicted octanol–water partition coefficient (Wildman–Crippen LogP) is 4.48. The maximum Gasteiger partial charge on any atom is 0.409 e. The number of H-pyrrole nitrogens is 1. The second-order valence-electron chi connectivity index (χ2n) is 6.48. The fourth-order valence-corrected chi connectivity index (χ4v) is 3.58. The van der Waals surface area contributed by atoms with Crippen molar-refractivity contribution in [1.29, 1.82) is 0 Å². The van der Waals surface area contributed by atoms with Crippen LogP contribution in [0.1, 0.15) is 49.3 Å². The first-order valence-corrected chi connectivity index (χ1v) is 9.74. The maximum absolute atomic E-state index is 12.7. The van der Waals surface area contributed by atoms with Gasteiger partial charge in [0.05, 0.1) is 29.3 Å². The smallest absolute Gasteiger partial charge is 0.409 e. The summed E-state index contributed by atoms with van der Waals surface area (Å²) < 4.78 is 11.0. The van der Waals surface area contributed by atoms with E-state index in [1.807, 2.05) is 6.92 Å². The number of hydrogen-bond acceptors (Lipinski definition) is 4. The Kier molecular flexibility index (Phi) is 7.80. The molecule has 2 heterocycles. The lowest BCUT2D eigenvalue weighted by molar-refractivity contribution is -0.0359. The lowest BCUT2D eigenvalue weighted by Gasteiger charge is -2.37. The molecule has 2 atom stereocenters. The lowest BCUT2D eigenvalue weighted by Crippen LogP contribution is -2.48. The molecule has 0 radical (unpaired) electrons. The third-order valence-electron chi connectivity index (χ3n) is 4.54. The second-order valence-corrected chi connectivity index (χ2v) is 7.24. The minimum absolute atomic E-state index is 0.0122. The number of nitrogens with one attached hydrogen (secondary N) is 1. The molecule has 0 saturated carbocycles. The normalized spacial score (nSPS) is 20.3. The summed E-state index contributed by atoms with van der Waals surface area (Å²) in [6.07, 6.45) is 1.29. The molecule has 0 spiro atoms. The molecule has 0 aliphatic carbocycles. The third-order valence-corrected chi connectivity index (χ3v) is 5.49. The molecule has 0 aromatic carbocycles. The summed E-state index contributed by atoms with van der Waals surface area (Å²) in [6, 6.07) is 0. The fraction of sp³-hybridized carbons (Fsp3) is 0.667. The van der Waals surface area contributed by atoms with E-state index in [0.717, 1.165) is 6.42 Å². The van der Waals surface area contributed by atoms with E-state index >= 15 is 0 Å². The van der Waals surface area contributed by atoms with E-state index in [9.17, 15) is 9.59 Å². The Hall–Kier alpha value is -1.24. The van der Waals surface area contributed by atoms with Crippen LogP contribution < -0.4 is 0 Å². The van der Waals surface area contributed by atoms with Crippen LogP contribution in [0.4, 0.5) is 4.79 Å². The van der Waals surface area contributed by atoms with Gasteiger partial charge in [-0.3, -0.25) is 4.79 Å². The zero-order valence-corrected chi connectivity index (χ0v) is 17.0. The average molecular weight is 405 g/mol. The number of ketones is 1. The monoisotopic (exact) mass is 404 g/mol. The maximum atomic E-state index is 12.7. The fourth-order valence-electron chi connectivity index (χ4n) is 3.14.